The molecule has 108 valence electrons. The number of carbonyl (C=O) groups is 1. The molecular weight excluding hydrogens is 286 g/mol. The van der Waals surface area contributed by atoms with Crippen LogP contribution in [-0.2, 0) is 17.1 Å². The number of hydrogen-bond acceptors (Lipinski definition) is 5. The van der Waals surface area contributed by atoms with Gasteiger partial charge in [-0.05, 0) is 13.8 Å². The summed E-state index contributed by atoms with van der Waals surface area (Å²) in [5.41, 5.74) is 0.653. The van der Waals surface area contributed by atoms with Crippen LogP contribution in [-0.4, -0.2) is 29.3 Å². The normalized spacial score (nSPS) is 11.6. The first kappa shape index (κ1) is 14.1. The zero-order valence-corrected chi connectivity index (χ0v) is 11.9. The van der Waals surface area contributed by atoms with Crippen molar-refractivity contribution in [2.45, 2.75) is 18.7 Å². The van der Waals surface area contributed by atoms with E-state index in [1.54, 1.807) is 20.0 Å². The molecule has 0 aliphatic rings. The van der Waals surface area contributed by atoms with Gasteiger partial charge in [0.1, 0.15) is 16.5 Å². The van der Waals surface area contributed by atoms with E-state index in [0.29, 0.717) is 5.69 Å². The van der Waals surface area contributed by atoms with E-state index in [9.17, 15) is 13.2 Å². The smallest absolute Gasteiger partial charge is 0.371 e. The minimum absolute atomic E-state index is 0.00814. The highest BCUT2D eigenvalue weighted by atomic mass is 32.2. The zero-order chi connectivity index (χ0) is 15.1. The van der Waals surface area contributed by atoms with Crippen LogP contribution < -0.4 is 4.72 Å². The first-order valence-corrected chi connectivity index (χ1v) is 7.06. The van der Waals surface area contributed by atoms with Crippen molar-refractivity contribution in [3.05, 3.63) is 29.3 Å². The van der Waals surface area contributed by atoms with Gasteiger partial charge in [0.05, 0.1) is 5.69 Å². The fraction of sp³-hybridized carbons (Fsp3) is 0.273. The largest absolute Gasteiger partial charge is 0.475 e. The Morgan fingerprint density at radius 2 is 2.05 bits per heavy atom. The molecule has 0 atom stereocenters. The Hall–Kier alpha value is -2.29. The second-order valence-electron chi connectivity index (χ2n) is 4.24. The van der Waals surface area contributed by atoms with E-state index in [2.05, 4.69) is 9.82 Å². The number of aromatic nitrogens is 2. The molecule has 0 fully saturated rings. The van der Waals surface area contributed by atoms with Crippen LogP contribution in [0.25, 0.3) is 0 Å². The average molecular weight is 299 g/mol. The van der Waals surface area contributed by atoms with Crippen LogP contribution >= 0.6 is 0 Å². The van der Waals surface area contributed by atoms with Crippen LogP contribution in [0.1, 0.15) is 22.0 Å². The van der Waals surface area contributed by atoms with Crippen LogP contribution in [0.15, 0.2) is 21.4 Å². The minimum Gasteiger partial charge on any atom is -0.475 e. The summed E-state index contributed by atoms with van der Waals surface area (Å²) in [4.78, 5) is 10.6. The number of aryl methyl sites for hydroxylation is 3. The maximum Gasteiger partial charge on any atom is 0.371 e. The highest BCUT2D eigenvalue weighted by molar-refractivity contribution is 7.92. The summed E-state index contributed by atoms with van der Waals surface area (Å²) in [6.07, 6.45) is 0. The van der Waals surface area contributed by atoms with Crippen molar-refractivity contribution in [1.82, 2.24) is 9.78 Å². The predicted octanol–water partition coefficient (Wildman–Crippen LogP) is 1.13. The molecular formula is C11H13N3O5S. The SMILES string of the molecule is Cc1cc(NS(=O)(=O)c2cc(C(=O)O)oc2C)n(C)n1. The summed E-state index contributed by atoms with van der Waals surface area (Å²) in [5.74, 6) is -1.47. The number of nitrogens with zero attached hydrogens (tertiary/aromatic N) is 2. The van der Waals surface area contributed by atoms with E-state index in [4.69, 9.17) is 9.52 Å². The van der Waals surface area contributed by atoms with Gasteiger partial charge in [0.2, 0.25) is 5.76 Å². The minimum atomic E-state index is -3.93. The molecule has 2 aromatic heterocycles. The van der Waals surface area contributed by atoms with Gasteiger partial charge < -0.3 is 9.52 Å². The molecule has 2 aromatic rings. The Kier molecular flexibility index (Phi) is 3.30. The van der Waals surface area contributed by atoms with Gasteiger partial charge in [-0.25, -0.2) is 13.2 Å². The lowest BCUT2D eigenvalue weighted by atomic mass is 10.4. The third kappa shape index (κ3) is 2.52. The van der Waals surface area contributed by atoms with Crippen molar-refractivity contribution in [3.63, 3.8) is 0 Å². The molecule has 0 unspecified atom stereocenters. The third-order valence-corrected chi connectivity index (χ3v) is 4.08. The highest BCUT2D eigenvalue weighted by Gasteiger charge is 2.24. The molecule has 0 aliphatic heterocycles. The molecule has 0 aromatic carbocycles. The Morgan fingerprint density at radius 1 is 1.40 bits per heavy atom. The van der Waals surface area contributed by atoms with Gasteiger partial charge in [-0.2, -0.15) is 5.10 Å². The number of furan rings is 1. The number of anilines is 1. The van der Waals surface area contributed by atoms with Gasteiger partial charge in [-0.3, -0.25) is 9.40 Å². The van der Waals surface area contributed by atoms with Gasteiger partial charge in [0, 0.05) is 19.2 Å². The summed E-state index contributed by atoms with van der Waals surface area (Å²) in [6, 6.07) is 2.54. The van der Waals surface area contributed by atoms with Crippen molar-refractivity contribution < 1.29 is 22.7 Å². The van der Waals surface area contributed by atoms with E-state index in [0.717, 1.165) is 6.07 Å². The third-order valence-electron chi connectivity index (χ3n) is 2.61. The summed E-state index contributed by atoms with van der Waals surface area (Å²) < 4.78 is 33.0. The highest BCUT2D eigenvalue weighted by Crippen LogP contribution is 2.23. The van der Waals surface area contributed by atoms with Crippen LogP contribution in [0.4, 0.5) is 5.82 Å². The van der Waals surface area contributed by atoms with Gasteiger partial charge >= 0.3 is 5.97 Å². The average Bonchev–Trinajstić information content (AvgIpc) is 2.83. The van der Waals surface area contributed by atoms with Crippen molar-refractivity contribution in [2.75, 3.05) is 4.72 Å². The van der Waals surface area contributed by atoms with Crippen molar-refractivity contribution in [2.24, 2.45) is 7.05 Å². The number of nitrogens with one attached hydrogen (secondary N) is 1. The lowest BCUT2D eigenvalue weighted by molar-refractivity contribution is 0.0661. The molecule has 9 heteroatoms. The van der Waals surface area contributed by atoms with E-state index in [-0.39, 0.29) is 16.5 Å². The molecule has 0 amide bonds. The molecule has 2 heterocycles. The summed E-state index contributed by atoms with van der Waals surface area (Å²) in [7, 11) is -2.34. The van der Waals surface area contributed by atoms with Crippen LogP contribution in [0, 0.1) is 13.8 Å². The van der Waals surface area contributed by atoms with Crippen molar-refractivity contribution >= 4 is 21.8 Å². The Morgan fingerprint density at radius 3 is 2.50 bits per heavy atom. The van der Waals surface area contributed by atoms with E-state index in [1.807, 2.05) is 0 Å². The molecule has 8 nitrogen and oxygen atoms in total. The number of rotatable bonds is 4. The first-order chi connectivity index (χ1) is 9.20. The molecule has 0 saturated carbocycles. The standard InChI is InChI=1S/C11H13N3O5S/c1-6-4-10(14(3)12-6)13-20(17,18)9-5-8(11(15)16)19-7(9)2/h4-5,13H,1-3H3,(H,15,16). The predicted molar refractivity (Wildman–Crippen MR) is 69.2 cm³/mol. The van der Waals surface area contributed by atoms with Gasteiger partial charge in [0.15, 0.2) is 0 Å². The maximum absolute atomic E-state index is 12.2. The number of sulfonamides is 1. The summed E-state index contributed by atoms with van der Waals surface area (Å²) in [6.45, 7) is 3.11. The molecule has 20 heavy (non-hydrogen) atoms. The van der Waals surface area contributed by atoms with E-state index >= 15 is 0 Å². The van der Waals surface area contributed by atoms with Crippen LogP contribution in [0.3, 0.4) is 0 Å². The summed E-state index contributed by atoms with van der Waals surface area (Å²) >= 11 is 0. The van der Waals surface area contributed by atoms with Gasteiger partial charge in [0.25, 0.3) is 10.0 Å². The molecule has 0 spiro atoms. The number of hydrogen-bond donors (Lipinski definition) is 2. The molecule has 2 rings (SSSR count). The van der Waals surface area contributed by atoms with Crippen LogP contribution in [0.2, 0.25) is 0 Å². The summed E-state index contributed by atoms with van der Waals surface area (Å²) in [5, 5.41) is 12.8. The van der Waals surface area contributed by atoms with Crippen molar-refractivity contribution in [1.29, 1.82) is 0 Å². The number of aromatic carboxylic acids is 1. The molecule has 0 radical (unpaired) electrons. The quantitative estimate of drug-likeness (QED) is 0.874. The second kappa shape index (κ2) is 4.67. The van der Waals surface area contributed by atoms with Crippen molar-refractivity contribution in [3.8, 4) is 0 Å². The number of carboxylic acid groups (broad SMARTS) is 1. The topological polar surface area (TPSA) is 114 Å². The van der Waals surface area contributed by atoms with Gasteiger partial charge in [-0.1, -0.05) is 0 Å². The second-order valence-corrected chi connectivity index (χ2v) is 5.89. The molecule has 0 saturated heterocycles. The first-order valence-electron chi connectivity index (χ1n) is 5.58. The van der Waals surface area contributed by atoms with Crippen LogP contribution in [0.5, 0.6) is 0 Å². The molecule has 0 aliphatic carbocycles. The fourth-order valence-electron chi connectivity index (χ4n) is 1.74. The maximum atomic E-state index is 12.2. The number of carboxylic acids is 1. The molecule has 2 N–H and O–H groups in total. The van der Waals surface area contributed by atoms with E-state index < -0.39 is 21.8 Å². The fourth-order valence-corrected chi connectivity index (χ4v) is 2.99. The van der Waals surface area contributed by atoms with E-state index in [1.165, 1.54) is 11.6 Å². The molecule has 0 bridgehead atoms. The lowest BCUT2D eigenvalue weighted by Gasteiger charge is -2.06. The monoisotopic (exact) mass is 299 g/mol. The van der Waals surface area contributed by atoms with Gasteiger partial charge in [-0.15, -0.1) is 0 Å². The lowest BCUT2D eigenvalue weighted by Crippen LogP contribution is -2.15. The zero-order valence-electron chi connectivity index (χ0n) is 11.0. The Bertz CT molecular complexity index is 772. The Labute approximate surface area is 115 Å². The Balaban J connectivity index is 2.40.